The van der Waals surface area contributed by atoms with E-state index in [2.05, 4.69) is 4.98 Å². The fourth-order valence-corrected chi connectivity index (χ4v) is 5.05. The number of benzene rings is 2. The molecule has 0 amide bonds. The summed E-state index contributed by atoms with van der Waals surface area (Å²) in [6.45, 7) is 3.97. The maximum atomic E-state index is 12.9. The van der Waals surface area contributed by atoms with Gasteiger partial charge in [-0.3, -0.25) is 4.79 Å². The molecule has 1 N–H and O–H groups in total. The van der Waals surface area contributed by atoms with Gasteiger partial charge in [0, 0.05) is 35.6 Å². The summed E-state index contributed by atoms with van der Waals surface area (Å²) < 4.78 is 43.2. The molecule has 33 heavy (non-hydrogen) atoms. The van der Waals surface area contributed by atoms with Gasteiger partial charge in [0.05, 0.1) is 24.7 Å². The van der Waals surface area contributed by atoms with Gasteiger partial charge in [-0.1, -0.05) is 26.0 Å². The molecule has 2 aromatic carbocycles. The third kappa shape index (κ3) is 4.86. The van der Waals surface area contributed by atoms with E-state index in [0.29, 0.717) is 35.7 Å². The molecule has 0 aliphatic rings. The van der Waals surface area contributed by atoms with E-state index >= 15 is 0 Å². The molecule has 176 valence electrons. The van der Waals surface area contributed by atoms with Gasteiger partial charge in [0.2, 0.25) is 15.6 Å². The van der Waals surface area contributed by atoms with Crippen molar-refractivity contribution in [2.45, 2.75) is 25.3 Å². The van der Waals surface area contributed by atoms with E-state index in [4.69, 9.17) is 14.2 Å². The predicted octanol–water partition coefficient (Wildman–Crippen LogP) is 2.93. The van der Waals surface area contributed by atoms with Crippen LogP contribution in [0.4, 0.5) is 0 Å². The van der Waals surface area contributed by atoms with Crippen LogP contribution in [0.25, 0.3) is 10.9 Å². The first kappa shape index (κ1) is 24.3. The Hall–Kier alpha value is -3.37. The number of fused-ring (bicyclic) bond motifs is 1. The SMILES string of the molecule is CCN(CC)S(=O)(=O)c1ccc2[nH]c(=O)cc(C(=O)OCc3cccc(OC)c3OC)c2c1. The van der Waals surface area contributed by atoms with Crippen molar-refractivity contribution in [1.82, 2.24) is 9.29 Å². The van der Waals surface area contributed by atoms with E-state index in [1.807, 2.05) is 0 Å². The number of ether oxygens (including phenoxy) is 3. The smallest absolute Gasteiger partial charge is 0.339 e. The average Bonchev–Trinajstić information content (AvgIpc) is 2.81. The zero-order chi connectivity index (χ0) is 24.2. The number of H-pyrrole nitrogens is 1. The van der Waals surface area contributed by atoms with Gasteiger partial charge in [0.1, 0.15) is 6.61 Å². The van der Waals surface area contributed by atoms with Gasteiger partial charge in [-0.05, 0) is 24.3 Å². The summed E-state index contributed by atoms with van der Waals surface area (Å²) in [7, 11) is -0.781. The minimum Gasteiger partial charge on any atom is -0.493 e. The zero-order valence-corrected chi connectivity index (χ0v) is 19.7. The number of hydrogen-bond donors (Lipinski definition) is 1. The van der Waals surface area contributed by atoms with Gasteiger partial charge in [-0.15, -0.1) is 0 Å². The molecule has 1 heterocycles. The molecule has 0 unspecified atom stereocenters. The number of sulfonamides is 1. The predicted molar refractivity (Wildman–Crippen MR) is 123 cm³/mol. The van der Waals surface area contributed by atoms with Crippen LogP contribution in [-0.2, 0) is 21.4 Å². The number of methoxy groups -OCH3 is 2. The normalized spacial score (nSPS) is 11.5. The largest absolute Gasteiger partial charge is 0.493 e. The van der Waals surface area contributed by atoms with Crippen molar-refractivity contribution >= 4 is 26.9 Å². The second-order valence-electron chi connectivity index (χ2n) is 7.07. The number of hydrogen-bond acceptors (Lipinski definition) is 7. The van der Waals surface area contributed by atoms with Crippen molar-refractivity contribution in [2.75, 3.05) is 27.3 Å². The van der Waals surface area contributed by atoms with E-state index in [1.54, 1.807) is 32.0 Å². The molecule has 3 aromatic rings. The summed E-state index contributed by atoms with van der Waals surface area (Å²) in [6, 6.07) is 10.5. The lowest BCUT2D eigenvalue weighted by molar-refractivity contribution is 0.0471. The third-order valence-electron chi connectivity index (χ3n) is 5.22. The number of aromatic nitrogens is 1. The Balaban J connectivity index is 2.00. The molecule has 9 nitrogen and oxygen atoms in total. The van der Waals surface area contributed by atoms with Crippen molar-refractivity contribution in [3.63, 3.8) is 0 Å². The number of carbonyl (C=O) groups is 1. The maximum absolute atomic E-state index is 12.9. The lowest BCUT2D eigenvalue weighted by Crippen LogP contribution is -2.30. The van der Waals surface area contributed by atoms with Crippen LogP contribution < -0.4 is 15.0 Å². The molecule has 0 saturated carbocycles. The summed E-state index contributed by atoms with van der Waals surface area (Å²) in [4.78, 5) is 27.7. The van der Waals surface area contributed by atoms with Gasteiger partial charge in [-0.25, -0.2) is 13.2 Å². The van der Waals surface area contributed by atoms with E-state index in [9.17, 15) is 18.0 Å². The van der Waals surface area contributed by atoms with Crippen LogP contribution >= 0.6 is 0 Å². The lowest BCUT2D eigenvalue weighted by Gasteiger charge is -2.19. The van der Waals surface area contributed by atoms with Crippen molar-refractivity contribution in [3.8, 4) is 11.5 Å². The lowest BCUT2D eigenvalue weighted by atomic mass is 10.1. The maximum Gasteiger partial charge on any atom is 0.339 e. The van der Waals surface area contributed by atoms with Gasteiger partial charge in [0.15, 0.2) is 11.5 Å². The summed E-state index contributed by atoms with van der Waals surface area (Å²) >= 11 is 0. The Kier molecular flexibility index (Phi) is 7.39. The van der Waals surface area contributed by atoms with Gasteiger partial charge in [-0.2, -0.15) is 4.31 Å². The molecular formula is C23H26N2O7S. The van der Waals surface area contributed by atoms with Crippen molar-refractivity contribution < 1.29 is 27.4 Å². The highest BCUT2D eigenvalue weighted by Gasteiger charge is 2.23. The first-order chi connectivity index (χ1) is 15.8. The number of carbonyl (C=O) groups excluding carboxylic acids is 1. The molecule has 0 fully saturated rings. The van der Waals surface area contributed by atoms with Crippen LogP contribution in [0.3, 0.4) is 0 Å². The monoisotopic (exact) mass is 474 g/mol. The molecule has 0 saturated heterocycles. The minimum atomic E-state index is -3.76. The van der Waals surface area contributed by atoms with Crippen LogP contribution in [0.15, 0.2) is 52.2 Å². The molecular weight excluding hydrogens is 448 g/mol. The molecule has 0 aliphatic heterocycles. The number of esters is 1. The van der Waals surface area contributed by atoms with Gasteiger partial charge >= 0.3 is 5.97 Å². The van der Waals surface area contributed by atoms with E-state index in [1.165, 1.54) is 36.7 Å². The quantitative estimate of drug-likeness (QED) is 0.474. The average molecular weight is 475 g/mol. The Labute approximate surface area is 191 Å². The summed E-state index contributed by atoms with van der Waals surface area (Å²) in [5, 5.41) is 0.269. The first-order valence-electron chi connectivity index (χ1n) is 10.3. The highest BCUT2D eigenvalue weighted by Crippen LogP contribution is 2.31. The van der Waals surface area contributed by atoms with E-state index < -0.39 is 21.6 Å². The second kappa shape index (κ2) is 10.1. The van der Waals surface area contributed by atoms with Crippen LogP contribution in [-0.4, -0.2) is 51.0 Å². The number of pyridine rings is 1. The van der Waals surface area contributed by atoms with Crippen LogP contribution in [0.2, 0.25) is 0 Å². The van der Waals surface area contributed by atoms with E-state index in [0.717, 1.165) is 6.07 Å². The minimum absolute atomic E-state index is 0.0225. The topological polar surface area (TPSA) is 115 Å². The standard InChI is InChI=1S/C23H26N2O7S/c1-5-25(6-2)33(28,29)16-10-11-19-17(12-16)18(13-21(26)24-19)23(27)32-14-15-8-7-9-20(30-3)22(15)31-4/h7-13H,5-6,14H2,1-4H3,(H,24,26). The Morgan fingerprint density at radius 1 is 1.03 bits per heavy atom. The fraction of sp³-hybridized carbons (Fsp3) is 0.304. The highest BCUT2D eigenvalue weighted by atomic mass is 32.2. The van der Waals surface area contributed by atoms with Gasteiger partial charge in [0.25, 0.3) is 0 Å². The molecule has 3 rings (SSSR count). The van der Waals surface area contributed by atoms with Crippen molar-refractivity contribution in [3.05, 3.63) is 63.9 Å². The van der Waals surface area contributed by atoms with Crippen molar-refractivity contribution in [1.29, 1.82) is 0 Å². The number of rotatable bonds is 9. The third-order valence-corrected chi connectivity index (χ3v) is 7.27. The number of nitrogens with zero attached hydrogens (tertiary/aromatic N) is 1. The summed E-state index contributed by atoms with van der Waals surface area (Å²) in [5.41, 5.74) is 0.357. The first-order valence-corrected chi connectivity index (χ1v) is 11.7. The Bertz CT molecular complexity index is 1330. The molecule has 1 aromatic heterocycles. The van der Waals surface area contributed by atoms with E-state index in [-0.39, 0.29) is 22.5 Å². The summed E-state index contributed by atoms with van der Waals surface area (Å²) in [6.07, 6.45) is 0. The van der Waals surface area contributed by atoms with Crippen LogP contribution in [0.1, 0.15) is 29.8 Å². The molecule has 0 bridgehead atoms. The van der Waals surface area contributed by atoms with Crippen LogP contribution in [0, 0.1) is 0 Å². The zero-order valence-electron chi connectivity index (χ0n) is 18.9. The Morgan fingerprint density at radius 3 is 2.39 bits per heavy atom. The number of nitrogens with one attached hydrogen (secondary N) is 1. The van der Waals surface area contributed by atoms with Gasteiger partial charge < -0.3 is 19.2 Å². The number of aromatic amines is 1. The molecule has 0 atom stereocenters. The van der Waals surface area contributed by atoms with Crippen LogP contribution in [0.5, 0.6) is 11.5 Å². The van der Waals surface area contributed by atoms with Crippen molar-refractivity contribution in [2.24, 2.45) is 0 Å². The molecule has 0 aliphatic carbocycles. The number of para-hydroxylation sites is 1. The molecule has 10 heteroatoms. The summed E-state index contributed by atoms with van der Waals surface area (Å²) in [5.74, 6) is 0.142. The second-order valence-corrected chi connectivity index (χ2v) is 9.01. The molecule has 0 radical (unpaired) electrons. The highest BCUT2D eigenvalue weighted by molar-refractivity contribution is 7.89. The Morgan fingerprint density at radius 2 is 1.76 bits per heavy atom. The molecule has 0 spiro atoms. The fourth-order valence-electron chi connectivity index (χ4n) is 3.56.